The number of carbonyl (C=O) groups is 1. The largest absolute Gasteiger partial charge is 0.481 e. The van der Waals surface area contributed by atoms with E-state index >= 15 is 0 Å². The summed E-state index contributed by atoms with van der Waals surface area (Å²) in [4.78, 5) is 10.1. The SMILES string of the molecule is Cl.O=C(O)CCNc1ccccc1. The van der Waals surface area contributed by atoms with E-state index in [0.717, 1.165) is 5.69 Å². The average Bonchev–Trinajstić information content (AvgIpc) is 2.05. The standard InChI is InChI=1S/C9H11NO2.ClH/c11-9(12)6-7-10-8-4-2-1-3-5-8;/h1-5,10H,6-7H2,(H,11,12);1H. The van der Waals surface area contributed by atoms with Gasteiger partial charge in [0.25, 0.3) is 0 Å². The van der Waals surface area contributed by atoms with Crippen LogP contribution in [0.25, 0.3) is 0 Å². The second kappa shape index (κ2) is 6.31. The van der Waals surface area contributed by atoms with Gasteiger partial charge in [0.05, 0.1) is 6.42 Å². The zero-order valence-electron chi connectivity index (χ0n) is 7.06. The number of halogens is 1. The van der Waals surface area contributed by atoms with Gasteiger partial charge in [0.1, 0.15) is 0 Å². The van der Waals surface area contributed by atoms with Crippen molar-refractivity contribution in [3.05, 3.63) is 30.3 Å². The molecule has 0 aliphatic heterocycles. The minimum atomic E-state index is -0.779. The Morgan fingerprint density at radius 1 is 1.31 bits per heavy atom. The quantitative estimate of drug-likeness (QED) is 0.784. The van der Waals surface area contributed by atoms with Crippen LogP contribution in [-0.2, 0) is 4.79 Å². The van der Waals surface area contributed by atoms with Crippen LogP contribution < -0.4 is 5.32 Å². The number of aliphatic carboxylic acids is 1. The van der Waals surface area contributed by atoms with Gasteiger partial charge in [0, 0.05) is 12.2 Å². The third kappa shape index (κ3) is 5.09. The molecule has 2 N–H and O–H groups in total. The average molecular weight is 202 g/mol. The number of hydrogen-bond donors (Lipinski definition) is 2. The van der Waals surface area contributed by atoms with Crippen LogP contribution in [0, 0.1) is 0 Å². The molecule has 0 atom stereocenters. The van der Waals surface area contributed by atoms with Gasteiger partial charge in [-0.1, -0.05) is 18.2 Å². The first kappa shape index (κ1) is 11.8. The molecule has 13 heavy (non-hydrogen) atoms. The van der Waals surface area contributed by atoms with E-state index in [4.69, 9.17) is 5.11 Å². The summed E-state index contributed by atoms with van der Waals surface area (Å²) in [6.45, 7) is 0.472. The molecule has 0 spiro atoms. The Hall–Kier alpha value is -1.22. The number of carboxylic acids is 1. The normalized spacial score (nSPS) is 8.62. The fourth-order valence-corrected chi connectivity index (χ4v) is 0.870. The highest BCUT2D eigenvalue weighted by Gasteiger charge is 1.94. The lowest BCUT2D eigenvalue weighted by molar-refractivity contribution is -0.136. The van der Waals surface area contributed by atoms with Crippen molar-refractivity contribution < 1.29 is 9.90 Å². The van der Waals surface area contributed by atoms with E-state index in [0.29, 0.717) is 6.54 Å². The van der Waals surface area contributed by atoms with Crippen molar-refractivity contribution in [2.24, 2.45) is 0 Å². The van der Waals surface area contributed by atoms with E-state index in [1.54, 1.807) is 0 Å². The van der Waals surface area contributed by atoms with Crippen molar-refractivity contribution in [2.45, 2.75) is 6.42 Å². The van der Waals surface area contributed by atoms with E-state index in [-0.39, 0.29) is 18.8 Å². The molecule has 1 aromatic rings. The van der Waals surface area contributed by atoms with Gasteiger partial charge >= 0.3 is 5.97 Å². The van der Waals surface area contributed by atoms with Gasteiger partial charge in [-0.3, -0.25) is 4.79 Å². The molecule has 1 rings (SSSR count). The van der Waals surface area contributed by atoms with E-state index in [9.17, 15) is 4.79 Å². The zero-order chi connectivity index (χ0) is 8.81. The molecule has 0 heterocycles. The summed E-state index contributed by atoms with van der Waals surface area (Å²) in [7, 11) is 0. The third-order valence-corrected chi connectivity index (χ3v) is 1.44. The van der Waals surface area contributed by atoms with Gasteiger partial charge in [-0.05, 0) is 12.1 Å². The van der Waals surface area contributed by atoms with Gasteiger partial charge in [-0.15, -0.1) is 12.4 Å². The monoisotopic (exact) mass is 201 g/mol. The number of anilines is 1. The van der Waals surface area contributed by atoms with Crippen LogP contribution in [0.3, 0.4) is 0 Å². The number of nitrogens with one attached hydrogen (secondary N) is 1. The van der Waals surface area contributed by atoms with Crippen molar-refractivity contribution in [3.63, 3.8) is 0 Å². The molecular weight excluding hydrogens is 190 g/mol. The zero-order valence-corrected chi connectivity index (χ0v) is 7.88. The molecule has 0 radical (unpaired) electrons. The molecule has 0 saturated carbocycles. The predicted octanol–water partition coefficient (Wildman–Crippen LogP) is 1.99. The maximum atomic E-state index is 10.1. The Kier molecular flexibility index (Phi) is 5.72. The van der Waals surface area contributed by atoms with E-state index in [1.165, 1.54) is 0 Å². The third-order valence-electron chi connectivity index (χ3n) is 1.44. The first-order valence-electron chi connectivity index (χ1n) is 3.80. The molecule has 4 heteroatoms. The Morgan fingerprint density at radius 3 is 2.46 bits per heavy atom. The van der Waals surface area contributed by atoms with Crippen LogP contribution in [0.1, 0.15) is 6.42 Å². The molecule has 0 bridgehead atoms. The van der Waals surface area contributed by atoms with Crippen LogP contribution in [0.5, 0.6) is 0 Å². The fourth-order valence-electron chi connectivity index (χ4n) is 0.870. The Bertz CT molecular complexity index is 251. The van der Waals surface area contributed by atoms with E-state index < -0.39 is 5.97 Å². The number of rotatable bonds is 4. The lowest BCUT2D eigenvalue weighted by Gasteiger charge is -2.02. The highest BCUT2D eigenvalue weighted by Crippen LogP contribution is 2.03. The minimum absolute atomic E-state index is 0. The van der Waals surface area contributed by atoms with Gasteiger partial charge in [0.2, 0.25) is 0 Å². The highest BCUT2D eigenvalue weighted by atomic mass is 35.5. The summed E-state index contributed by atoms with van der Waals surface area (Å²) < 4.78 is 0. The van der Waals surface area contributed by atoms with Crippen LogP contribution in [0.15, 0.2) is 30.3 Å². The van der Waals surface area contributed by atoms with E-state index in [1.807, 2.05) is 30.3 Å². The predicted molar refractivity (Wildman–Crippen MR) is 54.4 cm³/mol. The van der Waals surface area contributed by atoms with E-state index in [2.05, 4.69) is 5.32 Å². The molecule has 0 aliphatic rings. The molecule has 3 nitrogen and oxygen atoms in total. The number of benzene rings is 1. The van der Waals surface area contributed by atoms with Gasteiger partial charge < -0.3 is 10.4 Å². The number of carboxylic acid groups (broad SMARTS) is 1. The summed E-state index contributed by atoms with van der Waals surface area (Å²) in [6.07, 6.45) is 0.148. The van der Waals surface area contributed by atoms with Crippen LogP contribution in [0.4, 0.5) is 5.69 Å². The molecule has 0 aliphatic carbocycles. The first-order chi connectivity index (χ1) is 5.79. The topological polar surface area (TPSA) is 49.3 Å². The molecule has 0 amide bonds. The maximum absolute atomic E-state index is 10.1. The van der Waals surface area contributed by atoms with Gasteiger partial charge in [-0.25, -0.2) is 0 Å². The lowest BCUT2D eigenvalue weighted by Crippen LogP contribution is -2.07. The second-order valence-electron chi connectivity index (χ2n) is 2.44. The summed E-state index contributed by atoms with van der Waals surface area (Å²) >= 11 is 0. The molecular formula is C9H12ClNO2. The summed E-state index contributed by atoms with van der Waals surface area (Å²) in [5, 5.41) is 11.3. The number of hydrogen-bond acceptors (Lipinski definition) is 2. The molecule has 0 aromatic heterocycles. The number of para-hydroxylation sites is 1. The van der Waals surface area contributed by atoms with Crippen molar-refractivity contribution >= 4 is 24.1 Å². The molecule has 0 unspecified atom stereocenters. The van der Waals surface area contributed by atoms with Gasteiger partial charge in [-0.2, -0.15) is 0 Å². The summed E-state index contributed by atoms with van der Waals surface area (Å²) in [5.74, 6) is -0.779. The summed E-state index contributed by atoms with van der Waals surface area (Å²) in [5.41, 5.74) is 0.957. The Morgan fingerprint density at radius 2 is 1.92 bits per heavy atom. The second-order valence-corrected chi connectivity index (χ2v) is 2.44. The lowest BCUT2D eigenvalue weighted by atomic mass is 10.3. The van der Waals surface area contributed by atoms with Gasteiger partial charge in [0.15, 0.2) is 0 Å². The highest BCUT2D eigenvalue weighted by molar-refractivity contribution is 5.85. The first-order valence-corrected chi connectivity index (χ1v) is 3.80. The minimum Gasteiger partial charge on any atom is -0.481 e. The maximum Gasteiger partial charge on any atom is 0.305 e. The summed E-state index contributed by atoms with van der Waals surface area (Å²) in [6, 6.07) is 9.54. The Labute approximate surface area is 83.2 Å². The van der Waals surface area contributed by atoms with Crippen molar-refractivity contribution in [3.8, 4) is 0 Å². The van der Waals surface area contributed by atoms with Crippen LogP contribution in [-0.4, -0.2) is 17.6 Å². The van der Waals surface area contributed by atoms with Crippen molar-refractivity contribution in [1.29, 1.82) is 0 Å². The van der Waals surface area contributed by atoms with Crippen LogP contribution in [0.2, 0.25) is 0 Å². The fraction of sp³-hybridized carbons (Fsp3) is 0.222. The van der Waals surface area contributed by atoms with Crippen molar-refractivity contribution in [2.75, 3.05) is 11.9 Å². The molecule has 72 valence electrons. The smallest absolute Gasteiger partial charge is 0.305 e. The van der Waals surface area contributed by atoms with Crippen LogP contribution >= 0.6 is 12.4 Å². The molecule has 0 saturated heterocycles. The molecule has 1 aromatic carbocycles. The molecule has 0 fully saturated rings. The van der Waals surface area contributed by atoms with Crippen molar-refractivity contribution in [1.82, 2.24) is 0 Å². The Balaban J connectivity index is 0.00000144.